The third kappa shape index (κ3) is 4.15. The van der Waals surface area contributed by atoms with Crippen LogP contribution in [0.4, 0.5) is 0 Å². The summed E-state index contributed by atoms with van der Waals surface area (Å²) in [4.78, 5) is 0. The van der Waals surface area contributed by atoms with Crippen LogP contribution in [0.2, 0.25) is 0 Å². The summed E-state index contributed by atoms with van der Waals surface area (Å²) in [6.07, 6.45) is 3.20. The average Bonchev–Trinajstić information content (AvgIpc) is 2.18. The number of hydrogen-bond acceptors (Lipinski definition) is 3. The van der Waals surface area contributed by atoms with Crippen LogP contribution in [-0.2, 0) is 10.2 Å². The molecule has 0 amide bonds. The van der Waals surface area contributed by atoms with Gasteiger partial charge >= 0.3 is 0 Å². The standard InChI is InChI=1S/C8H18N4O2S/c9-8(10)4-5-11-15(13,14)12-6-2-1-3-7-12/h11H,1-7H2,(H3,9,10). The fourth-order valence-corrected chi connectivity index (χ4v) is 2.79. The second-order valence-corrected chi connectivity index (χ2v) is 5.39. The van der Waals surface area contributed by atoms with Crippen LogP contribution in [0, 0.1) is 5.41 Å². The number of rotatable bonds is 5. The lowest BCUT2D eigenvalue weighted by Crippen LogP contribution is -2.44. The molecule has 7 heteroatoms. The third-order valence-electron chi connectivity index (χ3n) is 2.33. The van der Waals surface area contributed by atoms with E-state index < -0.39 is 10.2 Å². The summed E-state index contributed by atoms with van der Waals surface area (Å²) in [5.41, 5.74) is 5.14. The van der Waals surface area contributed by atoms with E-state index in [1.165, 1.54) is 4.31 Å². The molecule has 1 rings (SSSR count). The van der Waals surface area contributed by atoms with Gasteiger partial charge in [0.2, 0.25) is 0 Å². The lowest BCUT2D eigenvalue weighted by molar-refractivity contribution is 0.342. The molecule has 0 aromatic heterocycles. The van der Waals surface area contributed by atoms with Gasteiger partial charge in [0.05, 0.1) is 5.84 Å². The van der Waals surface area contributed by atoms with Gasteiger partial charge in [-0.05, 0) is 12.8 Å². The minimum absolute atomic E-state index is 0.00339. The van der Waals surface area contributed by atoms with E-state index in [0.29, 0.717) is 13.1 Å². The number of nitrogens with one attached hydrogen (secondary N) is 2. The molecule has 0 radical (unpaired) electrons. The zero-order valence-electron chi connectivity index (χ0n) is 8.70. The number of piperidine rings is 1. The minimum Gasteiger partial charge on any atom is -0.388 e. The highest BCUT2D eigenvalue weighted by atomic mass is 32.2. The molecule has 1 heterocycles. The molecule has 1 aliphatic rings. The fraction of sp³-hybridized carbons (Fsp3) is 0.875. The second kappa shape index (κ2) is 5.43. The van der Waals surface area contributed by atoms with Crippen molar-refractivity contribution < 1.29 is 8.42 Å². The van der Waals surface area contributed by atoms with E-state index in [4.69, 9.17) is 11.1 Å². The van der Waals surface area contributed by atoms with Crippen LogP contribution in [0.25, 0.3) is 0 Å². The third-order valence-corrected chi connectivity index (χ3v) is 3.95. The van der Waals surface area contributed by atoms with E-state index in [9.17, 15) is 8.42 Å². The predicted octanol–water partition coefficient (Wildman–Crippen LogP) is -0.367. The summed E-state index contributed by atoms with van der Waals surface area (Å²) in [6, 6.07) is 0. The van der Waals surface area contributed by atoms with Crippen molar-refractivity contribution in [2.45, 2.75) is 25.7 Å². The first kappa shape index (κ1) is 12.4. The van der Waals surface area contributed by atoms with Crippen LogP contribution in [0.15, 0.2) is 0 Å². The van der Waals surface area contributed by atoms with Crippen molar-refractivity contribution in [3.8, 4) is 0 Å². The molecular formula is C8H18N4O2S. The molecule has 0 saturated carbocycles. The normalized spacial score (nSPS) is 18.9. The number of amidine groups is 1. The Bertz CT molecular complexity index is 309. The Morgan fingerprint density at radius 3 is 2.47 bits per heavy atom. The van der Waals surface area contributed by atoms with Gasteiger partial charge < -0.3 is 5.73 Å². The van der Waals surface area contributed by atoms with Gasteiger partial charge in [0, 0.05) is 26.1 Å². The maximum absolute atomic E-state index is 11.7. The van der Waals surface area contributed by atoms with E-state index in [0.717, 1.165) is 19.3 Å². The SMILES string of the molecule is N=C(N)CCNS(=O)(=O)N1CCCCC1. The molecule has 0 unspecified atom stereocenters. The van der Waals surface area contributed by atoms with Crippen LogP contribution >= 0.6 is 0 Å². The smallest absolute Gasteiger partial charge is 0.279 e. The summed E-state index contributed by atoms with van der Waals surface area (Å²) in [7, 11) is -3.35. The molecule has 6 nitrogen and oxygen atoms in total. The summed E-state index contributed by atoms with van der Waals surface area (Å²) >= 11 is 0. The van der Waals surface area contributed by atoms with Crippen LogP contribution in [0.5, 0.6) is 0 Å². The van der Waals surface area contributed by atoms with E-state index in [1.54, 1.807) is 0 Å². The number of hydrogen-bond donors (Lipinski definition) is 3. The zero-order valence-corrected chi connectivity index (χ0v) is 9.52. The van der Waals surface area contributed by atoms with E-state index >= 15 is 0 Å². The van der Waals surface area contributed by atoms with Crippen molar-refractivity contribution in [2.24, 2.45) is 5.73 Å². The molecule has 4 N–H and O–H groups in total. The Balaban J connectivity index is 2.40. The van der Waals surface area contributed by atoms with Crippen molar-refractivity contribution in [3.63, 3.8) is 0 Å². The molecule has 0 bridgehead atoms. The van der Waals surface area contributed by atoms with Crippen molar-refractivity contribution in [3.05, 3.63) is 0 Å². The molecular weight excluding hydrogens is 216 g/mol. The lowest BCUT2D eigenvalue weighted by Gasteiger charge is -2.25. The Morgan fingerprint density at radius 1 is 1.33 bits per heavy atom. The van der Waals surface area contributed by atoms with Gasteiger partial charge in [-0.25, -0.2) is 4.72 Å². The monoisotopic (exact) mass is 234 g/mol. The first-order valence-electron chi connectivity index (χ1n) is 5.10. The first-order chi connectivity index (χ1) is 7.02. The highest BCUT2D eigenvalue weighted by Crippen LogP contribution is 2.11. The molecule has 0 aromatic carbocycles. The van der Waals surface area contributed by atoms with Crippen molar-refractivity contribution in [2.75, 3.05) is 19.6 Å². The molecule has 15 heavy (non-hydrogen) atoms. The average molecular weight is 234 g/mol. The van der Waals surface area contributed by atoms with Crippen LogP contribution in [0.3, 0.4) is 0 Å². The van der Waals surface area contributed by atoms with Gasteiger partial charge in [-0.15, -0.1) is 0 Å². The molecule has 88 valence electrons. The summed E-state index contributed by atoms with van der Waals surface area (Å²) < 4.78 is 27.2. The summed E-state index contributed by atoms with van der Waals surface area (Å²) in [6.45, 7) is 1.39. The van der Waals surface area contributed by atoms with Crippen molar-refractivity contribution in [1.29, 1.82) is 5.41 Å². The van der Waals surface area contributed by atoms with Crippen molar-refractivity contribution >= 4 is 16.0 Å². The number of nitrogens with two attached hydrogens (primary N) is 1. The molecule has 0 spiro atoms. The zero-order chi connectivity index (χ0) is 11.3. The highest BCUT2D eigenvalue weighted by Gasteiger charge is 2.22. The highest BCUT2D eigenvalue weighted by molar-refractivity contribution is 7.87. The lowest BCUT2D eigenvalue weighted by atomic mass is 10.2. The van der Waals surface area contributed by atoms with Gasteiger partial charge in [-0.3, -0.25) is 5.41 Å². The quantitative estimate of drug-likeness (QED) is 0.447. The van der Waals surface area contributed by atoms with Gasteiger partial charge in [0.15, 0.2) is 0 Å². The van der Waals surface area contributed by atoms with Crippen molar-refractivity contribution in [1.82, 2.24) is 9.03 Å². The molecule has 0 aromatic rings. The largest absolute Gasteiger partial charge is 0.388 e. The van der Waals surface area contributed by atoms with Gasteiger partial charge in [-0.1, -0.05) is 6.42 Å². The summed E-state index contributed by atoms with van der Waals surface area (Å²) in [5.74, 6) is -0.00339. The van der Waals surface area contributed by atoms with E-state index in [2.05, 4.69) is 4.72 Å². The van der Waals surface area contributed by atoms with Gasteiger partial charge in [0.1, 0.15) is 0 Å². The molecule has 1 saturated heterocycles. The Hall–Kier alpha value is -0.660. The first-order valence-corrected chi connectivity index (χ1v) is 6.54. The van der Waals surface area contributed by atoms with E-state index in [-0.39, 0.29) is 18.8 Å². The minimum atomic E-state index is -3.35. The Morgan fingerprint density at radius 2 is 1.93 bits per heavy atom. The number of nitrogens with zero attached hydrogens (tertiary/aromatic N) is 1. The Kier molecular flexibility index (Phi) is 4.49. The Labute approximate surface area is 90.5 Å². The van der Waals surface area contributed by atoms with Crippen LogP contribution in [-0.4, -0.2) is 38.2 Å². The molecule has 0 atom stereocenters. The molecule has 0 aliphatic carbocycles. The fourth-order valence-electron chi connectivity index (χ4n) is 1.51. The van der Waals surface area contributed by atoms with Crippen LogP contribution < -0.4 is 10.5 Å². The maximum Gasteiger partial charge on any atom is 0.279 e. The maximum atomic E-state index is 11.7. The predicted molar refractivity (Wildman–Crippen MR) is 58.9 cm³/mol. The van der Waals surface area contributed by atoms with Gasteiger partial charge in [-0.2, -0.15) is 12.7 Å². The topological polar surface area (TPSA) is 99.3 Å². The second-order valence-electron chi connectivity index (χ2n) is 3.63. The molecule has 1 aliphatic heterocycles. The molecule has 1 fully saturated rings. The summed E-state index contributed by atoms with van der Waals surface area (Å²) in [5, 5.41) is 6.98. The van der Waals surface area contributed by atoms with Gasteiger partial charge in [0.25, 0.3) is 10.2 Å². The van der Waals surface area contributed by atoms with E-state index in [1.807, 2.05) is 0 Å². The van der Waals surface area contributed by atoms with Crippen LogP contribution in [0.1, 0.15) is 25.7 Å².